The summed E-state index contributed by atoms with van der Waals surface area (Å²) in [6, 6.07) is 0. The maximum Gasteiger partial charge on any atom is 0.328 e. The van der Waals surface area contributed by atoms with Gasteiger partial charge in [0.2, 0.25) is 0 Å². The van der Waals surface area contributed by atoms with E-state index in [1.807, 2.05) is 0 Å². The Morgan fingerprint density at radius 3 is 2.65 bits per heavy atom. The fraction of sp³-hybridized carbons (Fsp3) is 0.375. The number of allylic oxidation sites excluding steroid dienone is 3. The summed E-state index contributed by atoms with van der Waals surface area (Å²) in [4.78, 5) is 22.2. The predicted octanol–water partition coefficient (Wildman–Crippen LogP) is 1.86. The Balaban J connectivity index is 3.27. The molecule has 106 valence electrons. The predicted molar refractivity (Wildman–Crippen MR) is 75.8 cm³/mol. The van der Waals surface area contributed by atoms with Gasteiger partial charge in [0.25, 0.3) is 0 Å². The normalized spacial score (nSPS) is 31.1. The first kappa shape index (κ1) is 15.9. The molecule has 0 fully saturated rings. The number of terminal acetylenes is 1. The number of carboxylic acids is 1. The molecule has 1 aliphatic rings. The second kappa shape index (κ2) is 5.48. The topological polar surface area (TPSA) is 74.6 Å². The maximum absolute atomic E-state index is 11.6. The van der Waals surface area contributed by atoms with Crippen LogP contribution in [0.4, 0.5) is 0 Å². The molecule has 0 bridgehead atoms. The molecule has 0 saturated carbocycles. The van der Waals surface area contributed by atoms with Crippen molar-refractivity contribution in [2.75, 3.05) is 0 Å². The number of aliphatic hydroxyl groups is 1. The van der Waals surface area contributed by atoms with Gasteiger partial charge in [0.1, 0.15) is 5.60 Å². The number of carboxylic acid groups (broad SMARTS) is 1. The van der Waals surface area contributed by atoms with Crippen LogP contribution in [0.25, 0.3) is 0 Å². The number of ketones is 1. The molecule has 0 aromatic carbocycles. The average Bonchev–Trinajstić information content (AvgIpc) is 2.33. The molecule has 1 aliphatic carbocycles. The van der Waals surface area contributed by atoms with Crippen molar-refractivity contribution in [3.8, 4) is 12.3 Å². The van der Waals surface area contributed by atoms with Crippen molar-refractivity contribution in [3.63, 3.8) is 0 Å². The van der Waals surface area contributed by atoms with E-state index in [9.17, 15) is 14.7 Å². The fourth-order valence-corrected chi connectivity index (χ4v) is 2.29. The number of hydrogen-bond donors (Lipinski definition) is 2. The van der Waals surface area contributed by atoms with E-state index in [0.29, 0.717) is 11.1 Å². The van der Waals surface area contributed by atoms with Gasteiger partial charge in [-0.05, 0) is 44.1 Å². The minimum Gasteiger partial charge on any atom is -0.478 e. The highest BCUT2D eigenvalue weighted by Gasteiger charge is 2.49. The molecule has 4 nitrogen and oxygen atoms in total. The molecule has 4 heteroatoms. The van der Waals surface area contributed by atoms with Gasteiger partial charge >= 0.3 is 5.97 Å². The number of hydrogen-bond acceptors (Lipinski definition) is 3. The molecular formula is C16H18O4. The van der Waals surface area contributed by atoms with Crippen LogP contribution in [0, 0.1) is 17.8 Å². The van der Waals surface area contributed by atoms with E-state index in [0.717, 1.165) is 6.08 Å². The molecule has 2 unspecified atom stereocenters. The summed E-state index contributed by atoms with van der Waals surface area (Å²) in [6.07, 6.45) is 10.9. The van der Waals surface area contributed by atoms with E-state index in [1.165, 1.54) is 18.2 Å². The van der Waals surface area contributed by atoms with Crippen LogP contribution in [0.2, 0.25) is 0 Å². The van der Waals surface area contributed by atoms with E-state index in [-0.39, 0.29) is 12.2 Å². The molecule has 20 heavy (non-hydrogen) atoms. The largest absolute Gasteiger partial charge is 0.478 e. The van der Waals surface area contributed by atoms with Crippen LogP contribution in [-0.4, -0.2) is 27.6 Å². The van der Waals surface area contributed by atoms with Crippen LogP contribution >= 0.6 is 0 Å². The highest BCUT2D eigenvalue weighted by atomic mass is 16.4. The fourth-order valence-electron chi connectivity index (χ4n) is 2.29. The van der Waals surface area contributed by atoms with Crippen molar-refractivity contribution in [3.05, 3.63) is 35.5 Å². The zero-order chi connectivity index (χ0) is 15.6. The molecule has 0 saturated heterocycles. The molecule has 2 N–H and O–H groups in total. The van der Waals surface area contributed by atoms with Gasteiger partial charge < -0.3 is 10.2 Å². The summed E-state index contributed by atoms with van der Waals surface area (Å²) in [6.45, 7) is 4.88. The first-order chi connectivity index (χ1) is 9.14. The summed E-state index contributed by atoms with van der Waals surface area (Å²) in [5, 5.41) is 19.5. The van der Waals surface area contributed by atoms with Gasteiger partial charge in [0.15, 0.2) is 5.78 Å². The van der Waals surface area contributed by atoms with Crippen molar-refractivity contribution in [1.29, 1.82) is 0 Å². The Hall–Kier alpha value is -2.12. The zero-order valence-electron chi connectivity index (χ0n) is 11.8. The Bertz CT molecular complexity index is 574. The second-order valence-electron chi connectivity index (χ2n) is 5.27. The summed E-state index contributed by atoms with van der Waals surface area (Å²) < 4.78 is 0. The van der Waals surface area contributed by atoms with Crippen molar-refractivity contribution < 1.29 is 19.8 Å². The lowest BCUT2D eigenvalue weighted by Crippen LogP contribution is -2.49. The highest BCUT2D eigenvalue weighted by molar-refractivity contribution is 5.93. The summed E-state index contributed by atoms with van der Waals surface area (Å²) in [5.41, 5.74) is -1.60. The number of aliphatic carboxylic acids is 1. The SMILES string of the molecule is C#CC1(C)CC(=O)C=C(C)C1(O)C=CC(C)=CC(=O)O. The molecule has 0 aromatic heterocycles. The Morgan fingerprint density at radius 2 is 2.15 bits per heavy atom. The molecular weight excluding hydrogens is 256 g/mol. The first-order valence-electron chi connectivity index (χ1n) is 6.17. The molecule has 0 aliphatic heterocycles. The lowest BCUT2D eigenvalue weighted by molar-refractivity contribution is -0.131. The third-order valence-corrected chi connectivity index (χ3v) is 3.60. The Morgan fingerprint density at radius 1 is 1.55 bits per heavy atom. The van der Waals surface area contributed by atoms with Gasteiger partial charge in [0.05, 0.1) is 5.41 Å². The third kappa shape index (κ3) is 2.89. The lowest BCUT2D eigenvalue weighted by atomic mass is 9.64. The monoisotopic (exact) mass is 274 g/mol. The number of carbonyl (C=O) groups is 2. The first-order valence-corrected chi connectivity index (χ1v) is 6.17. The van der Waals surface area contributed by atoms with Crippen LogP contribution in [0.3, 0.4) is 0 Å². The quantitative estimate of drug-likeness (QED) is 0.468. The Labute approximate surface area is 118 Å². The van der Waals surface area contributed by atoms with Crippen LogP contribution in [0.15, 0.2) is 35.5 Å². The number of rotatable bonds is 3. The van der Waals surface area contributed by atoms with Gasteiger partial charge in [0, 0.05) is 12.5 Å². The lowest BCUT2D eigenvalue weighted by Gasteiger charge is -2.42. The van der Waals surface area contributed by atoms with E-state index < -0.39 is 17.0 Å². The van der Waals surface area contributed by atoms with Gasteiger partial charge in [-0.3, -0.25) is 4.79 Å². The van der Waals surface area contributed by atoms with E-state index >= 15 is 0 Å². The van der Waals surface area contributed by atoms with Crippen molar-refractivity contribution >= 4 is 11.8 Å². The maximum atomic E-state index is 11.6. The summed E-state index contributed by atoms with van der Waals surface area (Å²) >= 11 is 0. The zero-order valence-corrected chi connectivity index (χ0v) is 11.8. The van der Waals surface area contributed by atoms with E-state index in [4.69, 9.17) is 11.5 Å². The van der Waals surface area contributed by atoms with E-state index in [2.05, 4.69) is 5.92 Å². The van der Waals surface area contributed by atoms with Gasteiger partial charge in [-0.15, -0.1) is 6.42 Å². The molecule has 0 spiro atoms. The highest BCUT2D eigenvalue weighted by Crippen LogP contribution is 2.44. The molecule has 0 radical (unpaired) electrons. The molecule has 0 amide bonds. The smallest absolute Gasteiger partial charge is 0.328 e. The summed E-state index contributed by atoms with van der Waals surface area (Å²) in [5.74, 6) is 1.31. The van der Waals surface area contributed by atoms with E-state index in [1.54, 1.807) is 20.8 Å². The molecule has 2 atom stereocenters. The Kier molecular flexibility index (Phi) is 4.36. The van der Waals surface area contributed by atoms with Crippen molar-refractivity contribution in [2.24, 2.45) is 5.41 Å². The van der Waals surface area contributed by atoms with Crippen molar-refractivity contribution in [2.45, 2.75) is 32.8 Å². The van der Waals surface area contributed by atoms with Crippen LogP contribution < -0.4 is 0 Å². The minimum atomic E-state index is -1.47. The standard InChI is InChI=1S/C16H18O4/c1-5-15(4)10-13(17)9-12(3)16(15,20)7-6-11(2)8-14(18)19/h1,6-9,20H,10H2,2-4H3,(H,18,19). The minimum absolute atomic E-state index is 0.0450. The van der Waals surface area contributed by atoms with Gasteiger partial charge in [-0.25, -0.2) is 4.79 Å². The molecule has 1 rings (SSSR count). The number of carbonyl (C=O) groups excluding carboxylic acids is 1. The van der Waals surface area contributed by atoms with Crippen molar-refractivity contribution in [1.82, 2.24) is 0 Å². The van der Waals surface area contributed by atoms with Crippen LogP contribution in [0.1, 0.15) is 27.2 Å². The van der Waals surface area contributed by atoms with Gasteiger partial charge in [-0.1, -0.05) is 12.0 Å². The summed E-state index contributed by atoms with van der Waals surface area (Å²) in [7, 11) is 0. The van der Waals surface area contributed by atoms with Gasteiger partial charge in [-0.2, -0.15) is 0 Å². The molecule has 0 aromatic rings. The second-order valence-corrected chi connectivity index (χ2v) is 5.27. The van der Waals surface area contributed by atoms with Crippen LogP contribution in [-0.2, 0) is 9.59 Å². The molecule has 0 heterocycles. The third-order valence-electron chi connectivity index (χ3n) is 3.60. The average molecular weight is 274 g/mol. The van der Waals surface area contributed by atoms with Crippen LogP contribution in [0.5, 0.6) is 0 Å².